The first-order chi connectivity index (χ1) is 15.8. The van der Waals surface area contributed by atoms with Crippen molar-refractivity contribution in [2.24, 2.45) is 0 Å². The molecule has 5 rings (SSSR count). The van der Waals surface area contributed by atoms with Gasteiger partial charge in [0.05, 0.1) is 11.3 Å². The number of benzene rings is 2. The smallest absolute Gasteiger partial charge is 0.305 e. The molecule has 2 atom stereocenters. The number of carbonyl (C=O) groups is 2. The molecule has 2 aliphatic heterocycles. The van der Waals surface area contributed by atoms with E-state index in [-0.39, 0.29) is 18.9 Å². The highest BCUT2D eigenvalue weighted by Crippen LogP contribution is 2.54. The normalized spacial score (nSPS) is 22.9. The lowest BCUT2D eigenvalue weighted by Crippen LogP contribution is -2.30. The van der Waals surface area contributed by atoms with Gasteiger partial charge in [-0.3, -0.25) is 14.5 Å². The molecule has 2 unspecified atom stereocenters. The van der Waals surface area contributed by atoms with E-state index in [1.165, 1.54) is 64.0 Å². The number of carbonyl (C=O) groups excluding carboxylic acids is 1. The molecular weight excluding hydrogens is 452 g/mol. The largest absolute Gasteiger partial charge is 0.481 e. The van der Waals surface area contributed by atoms with Crippen LogP contribution in [0.5, 0.6) is 0 Å². The summed E-state index contributed by atoms with van der Waals surface area (Å²) in [7, 11) is 0. The number of amides is 1. The molecule has 2 fully saturated rings. The van der Waals surface area contributed by atoms with Crippen molar-refractivity contribution in [3.8, 4) is 0 Å². The maximum atomic E-state index is 12.8. The number of hydrogen-bond acceptors (Lipinski definition) is 5. The number of hydrogen-bond donors (Lipinski definition) is 1. The van der Waals surface area contributed by atoms with Crippen LogP contribution in [0.4, 0.5) is 11.4 Å². The van der Waals surface area contributed by atoms with Crippen molar-refractivity contribution in [2.75, 3.05) is 11.4 Å². The van der Waals surface area contributed by atoms with Gasteiger partial charge in [0.2, 0.25) is 0 Å². The first kappa shape index (κ1) is 22.2. The minimum absolute atomic E-state index is 0.107. The number of fused-ring (bicyclic) bond motifs is 3. The first-order valence-corrected chi connectivity index (χ1v) is 12.5. The summed E-state index contributed by atoms with van der Waals surface area (Å²) >= 11 is 6.59. The van der Waals surface area contributed by atoms with E-state index in [0.29, 0.717) is 21.2 Å². The number of rotatable bonds is 5. The Morgan fingerprint density at radius 2 is 1.97 bits per heavy atom. The molecule has 1 amide bonds. The molecule has 0 aromatic heterocycles. The average molecular weight is 479 g/mol. The summed E-state index contributed by atoms with van der Waals surface area (Å²) in [5, 5.41) is 8.95. The van der Waals surface area contributed by atoms with Gasteiger partial charge in [-0.1, -0.05) is 48.1 Å². The van der Waals surface area contributed by atoms with Crippen molar-refractivity contribution < 1.29 is 14.7 Å². The summed E-state index contributed by atoms with van der Waals surface area (Å²) < 4.78 is 0.423. The van der Waals surface area contributed by atoms with Crippen molar-refractivity contribution in [1.29, 1.82) is 0 Å². The molecule has 1 saturated carbocycles. The molecule has 2 aromatic rings. The number of anilines is 2. The third-order valence-corrected chi connectivity index (χ3v) is 8.21. The molecule has 0 radical (unpaired) electrons. The fourth-order valence-corrected chi connectivity index (χ4v) is 6.69. The van der Waals surface area contributed by atoms with E-state index in [4.69, 9.17) is 17.3 Å². The van der Waals surface area contributed by atoms with E-state index in [9.17, 15) is 9.59 Å². The molecule has 33 heavy (non-hydrogen) atoms. The second-order valence-electron chi connectivity index (χ2n) is 9.06. The maximum Gasteiger partial charge on any atom is 0.305 e. The highest BCUT2D eigenvalue weighted by Gasteiger charge is 2.43. The predicted molar refractivity (Wildman–Crippen MR) is 137 cm³/mol. The molecule has 170 valence electrons. The van der Waals surface area contributed by atoms with Gasteiger partial charge >= 0.3 is 5.97 Å². The number of aliphatic carboxylic acids is 1. The lowest BCUT2D eigenvalue weighted by Gasteiger charge is -2.28. The number of aryl methyl sites for hydroxylation is 2. The second kappa shape index (κ2) is 8.61. The van der Waals surface area contributed by atoms with Crippen LogP contribution in [0.2, 0.25) is 0 Å². The number of thioether (sulfide) groups is 1. The van der Waals surface area contributed by atoms with Crippen molar-refractivity contribution in [3.63, 3.8) is 0 Å². The van der Waals surface area contributed by atoms with Gasteiger partial charge in [-0.2, -0.15) is 0 Å². The monoisotopic (exact) mass is 478 g/mol. The van der Waals surface area contributed by atoms with Crippen LogP contribution in [0.3, 0.4) is 0 Å². The highest BCUT2D eigenvalue weighted by atomic mass is 32.2. The van der Waals surface area contributed by atoms with Crippen LogP contribution < -0.4 is 4.90 Å². The van der Waals surface area contributed by atoms with Crippen LogP contribution in [-0.2, 0) is 9.59 Å². The Labute approximate surface area is 203 Å². The van der Waals surface area contributed by atoms with Gasteiger partial charge in [0, 0.05) is 29.9 Å². The quantitative estimate of drug-likeness (QED) is 0.435. The SMILES string of the molecule is Cc1ccc(N2c3c(C)cc(C=C4SC(=S)N(CCC(=O)O)C4=O)cc3C3CCCC32)cc1. The summed E-state index contributed by atoms with van der Waals surface area (Å²) in [5.41, 5.74) is 7.38. The second-order valence-corrected chi connectivity index (χ2v) is 10.7. The topological polar surface area (TPSA) is 60.9 Å². The van der Waals surface area contributed by atoms with Gasteiger partial charge in [-0.25, -0.2) is 0 Å². The summed E-state index contributed by atoms with van der Waals surface area (Å²) in [6.07, 6.45) is 5.38. The fourth-order valence-electron chi connectivity index (χ4n) is 5.39. The Balaban J connectivity index is 1.49. The lowest BCUT2D eigenvalue weighted by atomic mass is 9.94. The summed E-state index contributed by atoms with van der Waals surface area (Å²) in [6.45, 7) is 4.37. The van der Waals surface area contributed by atoms with Gasteiger partial charge in [0.25, 0.3) is 5.91 Å². The summed E-state index contributed by atoms with van der Waals surface area (Å²) in [6, 6.07) is 13.6. The van der Waals surface area contributed by atoms with Crippen LogP contribution in [0.25, 0.3) is 6.08 Å². The van der Waals surface area contributed by atoms with Crippen molar-refractivity contribution in [2.45, 2.75) is 51.5 Å². The van der Waals surface area contributed by atoms with E-state index in [1.54, 1.807) is 0 Å². The first-order valence-electron chi connectivity index (χ1n) is 11.3. The minimum atomic E-state index is -0.938. The van der Waals surface area contributed by atoms with Gasteiger partial charge in [-0.05, 0) is 73.7 Å². The Hall–Kier alpha value is -2.64. The Bertz CT molecular complexity index is 1190. The Morgan fingerprint density at radius 3 is 2.70 bits per heavy atom. The van der Waals surface area contributed by atoms with Crippen LogP contribution >= 0.6 is 24.0 Å². The van der Waals surface area contributed by atoms with Crippen LogP contribution in [0, 0.1) is 13.8 Å². The highest BCUT2D eigenvalue weighted by molar-refractivity contribution is 8.26. The van der Waals surface area contributed by atoms with Crippen LogP contribution in [0.15, 0.2) is 41.3 Å². The van der Waals surface area contributed by atoms with Gasteiger partial charge in [0.1, 0.15) is 4.32 Å². The molecule has 0 bridgehead atoms. The van der Waals surface area contributed by atoms with Crippen molar-refractivity contribution in [3.05, 3.63) is 63.6 Å². The number of nitrogens with zero attached hydrogens (tertiary/aromatic N) is 2. The fraction of sp³-hybridized carbons (Fsp3) is 0.346. The maximum absolute atomic E-state index is 12.8. The zero-order chi connectivity index (χ0) is 23.3. The molecule has 1 N–H and O–H groups in total. The number of carboxylic acids is 1. The summed E-state index contributed by atoms with van der Waals surface area (Å²) in [5.74, 6) is -0.644. The van der Waals surface area contributed by atoms with Gasteiger partial charge < -0.3 is 10.0 Å². The van der Waals surface area contributed by atoms with E-state index in [0.717, 1.165) is 5.56 Å². The van der Waals surface area contributed by atoms with E-state index < -0.39 is 5.97 Å². The minimum Gasteiger partial charge on any atom is -0.481 e. The molecule has 3 aliphatic rings. The zero-order valence-corrected chi connectivity index (χ0v) is 20.3. The zero-order valence-electron chi connectivity index (χ0n) is 18.7. The molecule has 2 aromatic carbocycles. The average Bonchev–Trinajstić information content (AvgIpc) is 3.42. The van der Waals surface area contributed by atoms with E-state index in [1.807, 2.05) is 6.08 Å². The van der Waals surface area contributed by atoms with Crippen molar-refractivity contribution in [1.82, 2.24) is 4.90 Å². The van der Waals surface area contributed by atoms with Crippen LogP contribution in [0.1, 0.15) is 53.9 Å². The predicted octanol–water partition coefficient (Wildman–Crippen LogP) is 5.77. The third kappa shape index (κ3) is 3.97. The Morgan fingerprint density at radius 1 is 1.21 bits per heavy atom. The van der Waals surface area contributed by atoms with E-state index in [2.05, 4.69) is 55.1 Å². The van der Waals surface area contributed by atoms with Crippen LogP contribution in [-0.4, -0.2) is 38.8 Å². The Kier molecular flexibility index (Phi) is 5.79. The molecule has 0 spiro atoms. The standard InChI is InChI=1S/C26H26N2O3S2/c1-15-6-8-18(9-7-15)28-21-5-3-4-19(21)20-13-17(12-16(2)24(20)28)14-22-25(31)27(26(32)33-22)11-10-23(29)30/h6-9,12-14,19,21H,3-5,10-11H2,1-2H3,(H,29,30). The van der Waals surface area contributed by atoms with Gasteiger partial charge in [-0.15, -0.1) is 0 Å². The van der Waals surface area contributed by atoms with Gasteiger partial charge in [0.15, 0.2) is 0 Å². The molecule has 5 nitrogen and oxygen atoms in total. The summed E-state index contributed by atoms with van der Waals surface area (Å²) in [4.78, 5) is 28.2. The van der Waals surface area contributed by atoms with Crippen molar-refractivity contribution >= 4 is 57.6 Å². The third-order valence-electron chi connectivity index (χ3n) is 6.84. The molecule has 7 heteroatoms. The van der Waals surface area contributed by atoms with E-state index >= 15 is 0 Å². The number of thiocarbonyl (C=S) groups is 1. The molecule has 1 saturated heterocycles. The molecule has 1 aliphatic carbocycles. The lowest BCUT2D eigenvalue weighted by molar-refractivity contribution is -0.137. The number of carboxylic acid groups (broad SMARTS) is 1. The molecular formula is C26H26N2O3S2. The molecule has 2 heterocycles.